The molecule has 1 aromatic carbocycles. The quantitative estimate of drug-likeness (QED) is 0.926. The van der Waals surface area contributed by atoms with E-state index in [1.807, 2.05) is 32.4 Å². The van der Waals surface area contributed by atoms with Gasteiger partial charge >= 0.3 is 0 Å². The molecule has 0 bridgehead atoms. The van der Waals surface area contributed by atoms with Gasteiger partial charge in [-0.1, -0.05) is 22.0 Å². The molecular weight excluding hydrogens is 307 g/mol. The number of hydrogen-bond acceptors (Lipinski definition) is 2. The highest BCUT2D eigenvalue weighted by atomic mass is 79.9. The van der Waals surface area contributed by atoms with Crippen molar-refractivity contribution in [3.63, 3.8) is 0 Å². The lowest BCUT2D eigenvalue weighted by Gasteiger charge is -2.17. The fourth-order valence-electron chi connectivity index (χ4n) is 2.08. The molecule has 0 aliphatic rings. The number of benzene rings is 1. The highest BCUT2D eigenvalue weighted by Crippen LogP contribution is 2.22. The van der Waals surface area contributed by atoms with Crippen molar-refractivity contribution in [2.24, 2.45) is 0 Å². The molecule has 0 radical (unpaired) electrons. The molecule has 1 aromatic heterocycles. The summed E-state index contributed by atoms with van der Waals surface area (Å²) in [5.41, 5.74) is 2.87. The minimum absolute atomic E-state index is 0.0520. The Morgan fingerprint density at radius 3 is 2.79 bits per heavy atom. The average Bonchev–Trinajstić information content (AvgIpc) is 2.39. The van der Waals surface area contributed by atoms with Gasteiger partial charge in [-0.3, -0.25) is 4.98 Å². The van der Waals surface area contributed by atoms with Gasteiger partial charge in [0.05, 0.1) is 0 Å². The smallest absolute Gasteiger partial charge is 0.126 e. The lowest BCUT2D eigenvalue weighted by molar-refractivity contribution is 0.552. The zero-order chi connectivity index (χ0) is 13.8. The summed E-state index contributed by atoms with van der Waals surface area (Å²) in [4.78, 5) is 4.19. The van der Waals surface area contributed by atoms with E-state index in [2.05, 4.69) is 32.3 Å². The van der Waals surface area contributed by atoms with Crippen LogP contribution in [0.5, 0.6) is 0 Å². The van der Waals surface area contributed by atoms with Crippen LogP contribution in [0.15, 0.2) is 41.1 Å². The van der Waals surface area contributed by atoms with Gasteiger partial charge in [-0.05, 0) is 55.3 Å². The molecule has 1 atom stereocenters. The lowest BCUT2D eigenvalue weighted by atomic mass is 9.99. The number of pyridine rings is 1. The third kappa shape index (κ3) is 3.61. The van der Waals surface area contributed by atoms with Crippen molar-refractivity contribution >= 4 is 15.9 Å². The number of nitrogens with one attached hydrogen (secondary N) is 1. The summed E-state index contributed by atoms with van der Waals surface area (Å²) in [5.74, 6) is -0.177. The zero-order valence-corrected chi connectivity index (χ0v) is 12.5. The first-order valence-corrected chi connectivity index (χ1v) is 6.92. The van der Waals surface area contributed by atoms with Crippen LogP contribution in [0.2, 0.25) is 0 Å². The highest BCUT2D eigenvalue weighted by molar-refractivity contribution is 9.10. The maximum Gasteiger partial charge on any atom is 0.126 e. The molecule has 2 aromatic rings. The van der Waals surface area contributed by atoms with E-state index in [-0.39, 0.29) is 11.9 Å². The molecule has 100 valence electrons. The van der Waals surface area contributed by atoms with Crippen molar-refractivity contribution in [3.8, 4) is 0 Å². The number of halogens is 2. The van der Waals surface area contributed by atoms with Crippen LogP contribution in [-0.4, -0.2) is 12.0 Å². The predicted octanol–water partition coefficient (Wildman–Crippen LogP) is 3.79. The number of nitrogens with zero attached hydrogens (tertiary/aromatic N) is 1. The maximum atomic E-state index is 13.8. The molecule has 0 spiro atoms. The van der Waals surface area contributed by atoms with Gasteiger partial charge < -0.3 is 5.32 Å². The van der Waals surface area contributed by atoms with E-state index >= 15 is 0 Å². The molecule has 0 aliphatic carbocycles. The summed E-state index contributed by atoms with van der Waals surface area (Å²) in [6.45, 7) is 2.00. The van der Waals surface area contributed by atoms with Crippen LogP contribution in [0, 0.1) is 12.7 Å². The van der Waals surface area contributed by atoms with Crippen molar-refractivity contribution in [2.75, 3.05) is 7.05 Å². The summed E-state index contributed by atoms with van der Waals surface area (Å²) in [5, 5.41) is 3.22. The van der Waals surface area contributed by atoms with E-state index in [0.29, 0.717) is 12.0 Å². The van der Waals surface area contributed by atoms with Gasteiger partial charge in [-0.25, -0.2) is 4.39 Å². The molecule has 2 nitrogen and oxygen atoms in total. The first kappa shape index (κ1) is 14.2. The van der Waals surface area contributed by atoms with E-state index in [9.17, 15) is 4.39 Å². The van der Waals surface area contributed by atoms with Crippen molar-refractivity contribution in [1.82, 2.24) is 10.3 Å². The molecule has 4 heteroatoms. The number of likely N-dealkylation sites (N-methyl/N-ethyl adjacent to an activating group) is 1. The molecule has 0 aliphatic heterocycles. The lowest BCUT2D eigenvalue weighted by Crippen LogP contribution is -2.19. The summed E-state index contributed by atoms with van der Waals surface area (Å²) < 4.78 is 14.7. The SMILES string of the molecule is CNC(Cc1cc(Br)ccc1F)c1cncc(C)c1. The monoisotopic (exact) mass is 322 g/mol. The zero-order valence-electron chi connectivity index (χ0n) is 11.0. The third-order valence-corrected chi connectivity index (χ3v) is 3.57. The van der Waals surface area contributed by atoms with Gasteiger partial charge in [-0.2, -0.15) is 0 Å². The second-order valence-corrected chi connectivity index (χ2v) is 5.49. The van der Waals surface area contributed by atoms with Crippen LogP contribution in [-0.2, 0) is 6.42 Å². The van der Waals surface area contributed by atoms with E-state index < -0.39 is 0 Å². The van der Waals surface area contributed by atoms with Gasteiger partial charge in [0.2, 0.25) is 0 Å². The molecule has 0 amide bonds. The van der Waals surface area contributed by atoms with Crippen LogP contribution in [0.4, 0.5) is 4.39 Å². The van der Waals surface area contributed by atoms with Crippen LogP contribution >= 0.6 is 15.9 Å². The fourth-order valence-corrected chi connectivity index (χ4v) is 2.48. The minimum atomic E-state index is -0.177. The Bertz CT molecular complexity index is 572. The van der Waals surface area contributed by atoms with Gasteiger partial charge in [-0.15, -0.1) is 0 Å². The van der Waals surface area contributed by atoms with Crippen LogP contribution in [0.1, 0.15) is 22.7 Å². The van der Waals surface area contributed by atoms with Crippen LogP contribution in [0.25, 0.3) is 0 Å². The highest BCUT2D eigenvalue weighted by Gasteiger charge is 2.13. The Kier molecular flexibility index (Phi) is 4.66. The Labute approximate surface area is 121 Å². The molecule has 0 saturated heterocycles. The molecule has 1 heterocycles. The second-order valence-electron chi connectivity index (χ2n) is 4.58. The molecular formula is C15H16BrFN2. The maximum absolute atomic E-state index is 13.8. The molecule has 0 fully saturated rings. The molecule has 1 unspecified atom stereocenters. The number of hydrogen-bond donors (Lipinski definition) is 1. The van der Waals surface area contributed by atoms with Crippen molar-refractivity contribution in [1.29, 1.82) is 0 Å². The largest absolute Gasteiger partial charge is 0.313 e. The normalized spacial score (nSPS) is 12.4. The summed E-state index contributed by atoms with van der Waals surface area (Å²) in [6.07, 6.45) is 4.23. The van der Waals surface area contributed by atoms with Crippen molar-refractivity contribution in [3.05, 3.63) is 63.6 Å². The Morgan fingerprint density at radius 2 is 2.11 bits per heavy atom. The van der Waals surface area contributed by atoms with Gasteiger partial charge in [0.15, 0.2) is 0 Å². The first-order valence-electron chi connectivity index (χ1n) is 6.13. The minimum Gasteiger partial charge on any atom is -0.313 e. The Balaban J connectivity index is 2.26. The summed E-state index contributed by atoms with van der Waals surface area (Å²) >= 11 is 3.38. The molecule has 19 heavy (non-hydrogen) atoms. The number of aromatic nitrogens is 1. The van der Waals surface area contributed by atoms with Crippen LogP contribution in [0.3, 0.4) is 0 Å². The summed E-state index contributed by atoms with van der Waals surface area (Å²) in [7, 11) is 1.88. The van der Waals surface area contributed by atoms with E-state index in [1.165, 1.54) is 6.07 Å². The Hall–Kier alpha value is -1.26. The standard InChI is InChI=1S/C15H16BrFN2/c1-10-5-12(9-19-8-10)15(18-2)7-11-6-13(16)3-4-14(11)17/h3-6,8-9,15,18H,7H2,1-2H3. The number of rotatable bonds is 4. The molecule has 0 saturated carbocycles. The van der Waals surface area contributed by atoms with Gasteiger partial charge in [0.25, 0.3) is 0 Å². The summed E-state index contributed by atoms with van der Waals surface area (Å²) in [6, 6.07) is 7.14. The second kappa shape index (κ2) is 6.26. The van der Waals surface area contributed by atoms with Crippen molar-refractivity contribution < 1.29 is 4.39 Å². The topological polar surface area (TPSA) is 24.9 Å². The van der Waals surface area contributed by atoms with Gasteiger partial charge in [0, 0.05) is 22.9 Å². The third-order valence-electron chi connectivity index (χ3n) is 3.08. The van der Waals surface area contributed by atoms with E-state index in [0.717, 1.165) is 15.6 Å². The fraction of sp³-hybridized carbons (Fsp3) is 0.267. The number of aryl methyl sites for hydroxylation is 1. The van der Waals surface area contributed by atoms with E-state index in [4.69, 9.17) is 0 Å². The van der Waals surface area contributed by atoms with Crippen LogP contribution < -0.4 is 5.32 Å². The van der Waals surface area contributed by atoms with Crippen molar-refractivity contribution in [2.45, 2.75) is 19.4 Å². The Morgan fingerprint density at radius 1 is 1.32 bits per heavy atom. The van der Waals surface area contributed by atoms with Gasteiger partial charge in [0.1, 0.15) is 5.82 Å². The van der Waals surface area contributed by atoms with E-state index in [1.54, 1.807) is 6.07 Å². The predicted molar refractivity (Wildman–Crippen MR) is 78.6 cm³/mol. The first-order chi connectivity index (χ1) is 9.10. The molecule has 2 rings (SSSR count). The molecule has 1 N–H and O–H groups in total. The average molecular weight is 323 g/mol.